The van der Waals surface area contributed by atoms with E-state index in [1.165, 1.54) is 36.9 Å². The Morgan fingerprint density at radius 3 is 2.82 bits per heavy atom. The van der Waals surface area contributed by atoms with Crippen molar-refractivity contribution in [2.24, 2.45) is 11.7 Å². The van der Waals surface area contributed by atoms with Gasteiger partial charge in [-0.25, -0.2) is 0 Å². The smallest absolute Gasteiger partial charge is 0.0343 e. The van der Waals surface area contributed by atoms with E-state index in [9.17, 15) is 0 Å². The Bertz CT molecular complexity index is 329. The van der Waals surface area contributed by atoms with E-state index in [4.69, 9.17) is 5.73 Å². The molecule has 2 heteroatoms. The highest BCUT2D eigenvalue weighted by Gasteiger charge is 2.14. The molecule has 0 atom stereocenters. The van der Waals surface area contributed by atoms with E-state index in [0.717, 1.165) is 31.8 Å². The van der Waals surface area contributed by atoms with Crippen LogP contribution in [-0.2, 0) is 6.42 Å². The average Bonchev–Trinajstić information content (AvgIpc) is 2.87. The quantitative estimate of drug-likeness (QED) is 0.790. The highest BCUT2D eigenvalue weighted by Crippen LogP contribution is 2.25. The first kappa shape index (κ1) is 12.4. The average molecular weight is 232 g/mol. The highest BCUT2D eigenvalue weighted by atomic mass is 14.9. The van der Waals surface area contributed by atoms with E-state index in [-0.39, 0.29) is 0 Å². The third kappa shape index (κ3) is 4.04. The molecule has 2 rings (SSSR count). The van der Waals surface area contributed by atoms with Gasteiger partial charge in [0.05, 0.1) is 0 Å². The van der Waals surface area contributed by atoms with E-state index in [1.54, 1.807) is 0 Å². The second kappa shape index (κ2) is 6.65. The number of nitrogens with two attached hydrogens (primary N) is 1. The van der Waals surface area contributed by atoms with Crippen molar-refractivity contribution in [1.82, 2.24) is 0 Å². The number of anilines is 1. The van der Waals surface area contributed by atoms with Gasteiger partial charge in [0.25, 0.3) is 0 Å². The molecule has 0 spiro atoms. The van der Waals surface area contributed by atoms with Crippen LogP contribution >= 0.6 is 0 Å². The van der Waals surface area contributed by atoms with Crippen LogP contribution in [0.2, 0.25) is 0 Å². The lowest BCUT2D eigenvalue weighted by atomic mass is 10.1. The lowest BCUT2D eigenvalue weighted by molar-refractivity contribution is 0.580. The lowest BCUT2D eigenvalue weighted by Crippen LogP contribution is -2.11. The van der Waals surface area contributed by atoms with Crippen molar-refractivity contribution in [3.05, 3.63) is 29.8 Å². The van der Waals surface area contributed by atoms with Crippen molar-refractivity contribution < 1.29 is 0 Å². The number of benzene rings is 1. The Kier molecular flexibility index (Phi) is 4.87. The van der Waals surface area contributed by atoms with Crippen LogP contribution in [-0.4, -0.2) is 13.1 Å². The number of hydrogen-bond donors (Lipinski definition) is 2. The van der Waals surface area contributed by atoms with Crippen LogP contribution in [0.25, 0.3) is 0 Å². The molecule has 0 aliphatic heterocycles. The number of rotatable bonds is 6. The van der Waals surface area contributed by atoms with E-state index in [1.807, 2.05) is 0 Å². The molecule has 17 heavy (non-hydrogen) atoms. The first-order valence-electron chi connectivity index (χ1n) is 6.91. The third-order valence-corrected chi connectivity index (χ3v) is 3.67. The molecule has 1 aromatic rings. The zero-order chi connectivity index (χ0) is 11.9. The summed E-state index contributed by atoms with van der Waals surface area (Å²) < 4.78 is 0. The van der Waals surface area contributed by atoms with Gasteiger partial charge in [-0.1, -0.05) is 25.0 Å². The fourth-order valence-electron chi connectivity index (χ4n) is 2.62. The number of aryl methyl sites for hydroxylation is 1. The van der Waals surface area contributed by atoms with Gasteiger partial charge in [-0.3, -0.25) is 0 Å². The first-order valence-corrected chi connectivity index (χ1v) is 6.91. The Balaban J connectivity index is 1.82. The van der Waals surface area contributed by atoms with Gasteiger partial charge in [0.1, 0.15) is 0 Å². The van der Waals surface area contributed by atoms with Crippen LogP contribution < -0.4 is 11.1 Å². The standard InChI is InChI=1S/C15H24N2/c16-10-4-8-13-7-3-9-15(11-13)17-12-14-5-1-2-6-14/h3,7,9,11,14,17H,1-2,4-6,8,10,12,16H2. The second-order valence-corrected chi connectivity index (χ2v) is 5.12. The zero-order valence-corrected chi connectivity index (χ0v) is 10.6. The van der Waals surface area contributed by atoms with Crippen LogP contribution in [0.15, 0.2) is 24.3 Å². The van der Waals surface area contributed by atoms with Crippen molar-refractivity contribution in [2.45, 2.75) is 38.5 Å². The van der Waals surface area contributed by atoms with E-state index in [2.05, 4.69) is 29.6 Å². The summed E-state index contributed by atoms with van der Waals surface area (Å²) in [5, 5.41) is 3.57. The fraction of sp³-hybridized carbons (Fsp3) is 0.600. The predicted molar refractivity (Wildman–Crippen MR) is 74.3 cm³/mol. The van der Waals surface area contributed by atoms with Crippen LogP contribution in [0, 0.1) is 5.92 Å². The van der Waals surface area contributed by atoms with Gasteiger partial charge in [-0.15, -0.1) is 0 Å². The summed E-state index contributed by atoms with van der Waals surface area (Å²) in [5.74, 6) is 0.891. The largest absolute Gasteiger partial charge is 0.385 e. The second-order valence-electron chi connectivity index (χ2n) is 5.12. The fourth-order valence-corrected chi connectivity index (χ4v) is 2.62. The van der Waals surface area contributed by atoms with E-state index < -0.39 is 0 Å². The first-order chi connectivity index (χ1) is 8.38. The maximum absolute atomic E-state index is 5.54. The molecule has 0 heterocycles. The predicted octanol–water partition coefficient (Wildman–Crippen LogP) is 3.18. The SMILES string of the molecule is NCCCc1cccc(NCC2CCCC2)c1. The Labute approximate surface area is 105 Å². The molecule has 1 fully saturated rings. The van der Waals surface area contributed by atoms with Gasteiger partial charge < -0.3 is 11.1 Å². The summed E-state index contributed by atoms with van der Waals surface area (Å²) in [5.41, 5.74) is 8.21. The molecule has 94 valence electrons. The van der Waals surface area contributed by atoms with Crippen molar-refractivity contribution in [2.75, 3.05) is 18.4 Å². The van der Waals surface area contributed by atoms with Crippen LogP contribution in [0.1, 0.15) is 37.7 Å². The molecule has 1 aliphatic carbocycles. The van der Waals surface area contributed by atoms with Gasteiger partial charge in [-0.2, -0.15) is 0 Å². The van der Waals surface area contributed by atoms with Crippen LogP contribution in [0.3, 0.4) is 0 Å². The molecule has 0 radical (unpaired) electrons. The molecular weight excluding hydrogens is 208 g/mol. The summed E-state index contributed by atoms with van der Waals surface area (Å²) in [7, 11) is 0. The molecule has 3 N–H and O–H groups in total. The van der Waals surface area contributed by atoms with E-state index >= 15 is 0 Å². The van der Waals surface area contributed by atoms with Gasteiger partial charge in [0.2, 0.25) is 0 Å². The summed E-state index contributed by atoms with van der Waals surface area (Å²) in [6.45, 7) is 1.92. The minimum absolute atomic E-state index is 0.778. The highest BCUT2D eigenvalue weighted by molar-refractivity contribution is 5.45. The third-order valence-electron chi connectivity index (χ3n) is 3.67. The molecule has 0 bridgehead atoms. The molecule has 0 unspecified atom stereocenters. The summed E-state index contributed by atoms with van der Waals surface area (Å²) in [6.07, 6.45) is 7.81. The maximum Gasteiger partial charge on any atom is 0.0343 e. The van der Waals surface area contributed by atoms with Crippen molar-refractivity contribution in [1.29, 1.82) is 0 Å². The van der Waals surface area contributed by atoms with Gasteiger partial charge in [-0.05, 0) is 55.8 Å². The molecule has 2 nitrogen and oxygen atoms in total. The Morgan fingerprint density at radius 1 is 1.24 bits per heavy atom. The molecule has 0 saturated heterocycles. The van der Waals surface area contributed by atoms with Crippen LogP contribution in [0.5, 0.6) is 0 Å². The maximum atomic E-state index is 5.54. The molecule has 1 aliphatic rings. The minimum atomic E-state index is 0.778. The van der Waals surface area contributed by atoms with Crippen molar-refractivity contribution in [3.63, 3.8) is 0 Å². The minimum Gasteiger partial charge on any atom is -0.385 e. The van der Waals surface area contributed by atoms with Crippen molar-refractivity contribution in [3.8, 4) is 0 Å². The summed E-state index contributed by atoms with van der Waals surface area (Å²) in [4.78, 5) is 0. The summed E-state index contributed by atoms with van der Waals surface area (Å²) in [6, 6.07) is 8.77. The molecular formula is C15H24N2. The Hall–Kier alpha value is -1.02. The molecule has 0 aromatic heterocycles. The van der Waals surface area contributed by atoms with Crippen LogP contribution in [0.4, 0.5) is 5.69 Å². The normalized spacial score (nSPS) is 16.3. The summed E-state index contributed by atoms with van der Waals surface area (Å²) >= 11 is 0. The lowest BCUT2D eigenvalue weighted by Gasteiger charge is -2.12. The molecule has 1 aromatic carbocycles. The van der Waals surface area contributed by atoms with Crippen molar-refractivity contribution >= 4 is 5.69 Å². The van der Waals surface area contributed by atoms with Gasteiger partial charge in [0, 0.05) is 12.2 Å². The molecule has 1 saturated carbocycles. The van der Waals surface area contributed by atoms with E-state index in [0.29, 0.717) is 0 Å². The monoisotopic (exact) mass is 232 g/mol. The van der Waals surface area contributed by atoms with Gasteiger partial charge in [0.15, 0.2) is 0 Å². The number of hydrogen-bond acceptors (Lipinski definition) is 2. The van der Waals surface area contributed by atoms with Gasteiger partial charge >= 0.3 is 0 Å². The zero-order valence-electron chi connectivity index (χ0n) is 10.6. The molecule has 0 amide bonds. The number of nitrogens with one attached hydrogen (secondary N) is 1. The topological polar surface area (TPSA) is 38.0 Å². The Morgan fingerprint density at radius 2 is 2.06 bits per heavy atom.